The van der Waals surface area contributed by atoms with Crippen molar-refractivity contribution in [3.63, 3.8) is 0 Å². The van der Waals surface area contributed by atoms with Crippen molar-refractivity contribution in [1.29, 1.82) is 0 Å². The number of aromatic amines is 1. The van der Waals surface area contributed by atoms with Crippen molar-refractivity contribution in [2.75, 3.05) is 6.61 Å². The summed E-state index contributed by atoms with van der Waals surface area (Å²) in [4.78, 5) is 10.9. The number of nitrogens with zero attached hydrogens (tertiary/aromatic N) is 1. The van der Waals surface area contributed by atoms with E-state index in [9.17, 15) is 18.0 Å². The third-order valence-corrected chi connectivity index (χ3v) is 1.78. The minimum atomic E-state index is -4.61. The standard InChI is InChI=1S/C10H9F3N2O2/c1-3-17-8(16)5-4-7-6(2)14-15-9(7)10(11,12)13/h3H2,1-2H3,(H,14,15). The van der Waals surface area contributed by atoms with Crippen molar-refractivity contribution < 1.29 is 22.7 Å². The van der Waals surface area contributed by atoms with Crippen LogP contribution in [0.15, 0.2) is 0 Å². The summed E-state index contributed by atoms with van der Waals surface area (Å²) in [5.41, 5.74) is -1.33. The second kappa shape index (κ2) is 4.91. The summed E-state index contributed by atoms with van der Waals surface area (Å²) in [6.45, 7) is 3.07. The van der Waals surface area contributed by atoms with E-state index in [1.165, 1.54) is 6.92 Å². The summed E-state index contributed by atoms with van der Waals surface area (Å²) in [6.07, 6.45) is -4.61. The van der Waals surface area contributed by atoms with Crippen LogP contribution in [0.1, 0.15) is 23.9 Å². The van der Waals surface area contributed by atoms with Crippen LogP contribution in [-0.4, -0.2) is 22.8 Å². The third kappa shape index (κ3) is 3.24. The second-order valence-electron chi connectivity index (χ2n) is 3.04. The number of carbonyl (C=O) groups excluding carboxylic acids is 1. The molecule has 1 N–H and O–H groups in total. The van der Waals surface area contributed by atoms with Crippen molar-refractivity contribution in [2.45, 2.75) is 20.0 Å². The molecule has 17 heavy (non-hydrogen) atoms. The average molecular weight is 246 g/mol. The van der Waals surface area contributed by atoms with E-state index >= 15 is 0 Å². The fraction of sp³-hybridized carbons (Fsp3) is 0.400. The average Bonchev–Trinajstić information content (AvgIpc) is 2.57. The van der Waals surface area contributed by atoms with Crippen LogP contribution in [0.5, 0.6) is 0 Å². The molecule has 0 fully saturated rings. The molecule has 0 saturated heterocycles. The van der Waals surface area contributed by atoms with Gasteiger partial charge >= 0.3 is 12.1 Å². The van der Waals surface area contributed by atoms with Gasteiger partial charge in [0.05, 0.1) is 12.2 Å². The van der Waals surface area contributed by atoms with Gasteiger partial charge in [0.25, 0.3) is 0 Å². The lowest BCUT2D eigenvalue weighted by Crippen LogP contribution is -2.08. The molecule has 0 radical (unpaired) electrons. The first-order valence-corrected chi connectivity index (χ1v) is 4.67. The minimum Gasteiger partial charge on any atom is -0.456 e. The number of aryl methyl sites for hydroxylation is 1. The van der Waals surface area contributed by atoms with Crippen LogP contribution >= 0.6 is 0 Å². The van der Waals surface area contributed by atoms with E-state index in [4.69, 9.17) is 0 Å². The van der Waals surface area contributed by atoms with E-state index in [0.29, 0.717) is 0 Å². The number of ether oxygens (including phenoxy) is 1. The Labute approximate surface area is 95.2 Å². The molecule has 0 amide bonds. The first-order valence-electron chi connectivity index (χ1n) is 4.67. The molecule has 0 saturated carbocycles. The van der Waals surface area contributed by atoms with Gasteiger partial charge in [-0.25, -0.2) is 4.79 Å². The van der Waals surface area contributed by atoms with Crippen molar-refractivity contribution in [3.8, 4) is 11.8 Å². The lowest BCUT2D eigenvalue weighted by Gasteiger charge is -2.01. The van der Waals surface area contributed by atoms with Crippen LogP contribution in [0, 0.1) is 18.8 Å². The van der Waals surface area contributed by atoms with E-state index in [-0.39, 0.29) is 17.9 Å². The van der Waals surface area contributed by atoms with Crippen molar-refractivity contribution >= 4 is 5.97 Å². The molecule has 0 spiro atoms. The molecule has 92 valence electrons. The highest BCUT2D eigenvalue weighted by molar-refractivity contribution is 5.89. The number of carbonyl (C=O) groups is 1. The molecule has 0 atom stereocenters. The van der Waals surface area contributed by atoms with E-state index in [0.717, 1.165) is 0 Å². The van der Waals surface area contributed by atoms with Crippen LogP contribution in [-0.2, 0) is 15.7 Å². The third-order valence-electron chi connectivity index (χ3n) is 1.78. The fourth-order valence-corrected chi connectivity index (χ4v) is 1.07. The Morgan fingerprint density at radius 3 is 2.71 bits per heavy atom. The summed E-state index contributed by atoms with van der Waals surface area (Å²) < 4.78 is 41.9. The van der Waals surface area contributed by atoms with Crippen molar-refractivity contribution in [2.24, 2.45) is 0 Å². The van der Waals surface area contributed by atoms with E-state index in [2.05, 4.69) is 20.9 Å². The molecule has 1 rings (SSSR count). The summed E-state index contributed by atoms with van der Waals surface area (Å²) in [5.74, 6) is 3.21. The number of rotatable bonds is 1. The van der Waals surface area contributed by atoms with Crippen LogP contribution in [0.2, 0.25) is 0 Å². The number of hydrogen-bond donors (Lipinski definition) is 1. The summed E-state index contributed by atoms with van der Waals surface area (Å²) in [5, 5.41) is 5.28. The quantitative estimate of drug-likeness (QED) is 0.605. The predicted octanol–water partition coefficient (Wildman–Crippen LogP) is 1.65. The molecule has 1 aromatic rings. The maximum Gasteiger partial charge on any atom is 0.436 e. The van der Waals surface area contributed by atoms with Crippen LogP contribution < -0.4 is 0 Å². The van der Waals surface area contributed by atoms with Gasteiger partial charge in [0.1, 0.15) is 0 Å². The van der Waals surface area contributed by atoms with E-state index < -0.39 is 17.8 Å². The molecule has 1 heterocycles. The summed E-state index contributed by atoms with van der Waals surface area (Å²) >= 11 is 0. The smallest absolute Gasteiger partial charge is 0.436 e. The van der Waals surface area contributed by atoms with Gasteiger partial charge in [-0.3, -0.25) is 5.10 Å². The molecular weight excluding hydrogens is 237 g/mol. The molecular formula is C10H9F3N2O2. The maximum atomic E-state index is 12.5. The van der Waals surface area contributed by atoms with Gasteiger partial charge in [0.15, 0.2) is 5.69 Å². The van der Waals surface area contributed by atoms with Crippen molar-refractivity contribution in [1.82, 2.24) is 10.2 Å². The Kier molecular flexibility index (Phi) is 3.78. The molecule has 7 heteroatoms. The molecule has 0 aliphatic heterocycles. The SMILES string of the molecule is CCOC(=O)C#Cc1c(C(F)(F)F)n[nH]c1C. The molecule has 1 aromatic heterocycles. The Balaban J connectivity index is 3.06. The van der Waals surface area contributed by atoms with Gasteiger partial charge in [0, 0.05) is 11.6 Å². The van der Waals surface area contributed by atoms with Gasteiger partial charge < -0.3 is 4.74 Å². The highest BCUT2D eigenvalue weighted by Gasteiger charge is 2.37. The number of aromatic nitrogens is 2. The Hall–Kier alpha value is -1.97. The zero-order chi connectivity index (χ0) is 13.1. The number of H-pyrrole nitrogens is 1. The predicted molar refractivity (Wildman–Crippen MR) is 51.8 cm³/mol. The lowest BCUT2D eigenvalue weighted by atomic mass is 10.2. The van der Waals surface area contributed by atoms with Crippen LogP contribution in [0.25, 0.3) is 0 Å². The van der Waals surface area contributed by atoms with Crippen molar-refractivity contribution in [3.05, 3.63) is 17.0 Å². The van der Waals surface area contributed by atoms with Crippen LogP contribution in [0.3, 0.4) is 0 Å². The first-order chi connectivity index (χ1) is 7.86. The molecule has 4 nitrogen and oxygen atoms in total. The molecule has 0 aliphatic rings. The number of halogens is 3. The molecule has 0 unspecified atom stereocenters. The number of hydrogen-bond acceptors (Lipinski definition) is 3. The van der Waals surface area contributed by atoms with Gasteiger partial charge in [-0.05, 0) is 13.8 Å². The zero-order valence-corrected chi connectivity index (χ0v) is 9.10. The minimum absolute atomic E-state index is 0.115. The van der Waals surface area contributed by atoms with Gasteiger partial charge in [-0.15, -0.1) is 0 Å². The topological polar surface area (TPSA) is 55.0 Å². The van der Waals surface area contributed by atoms with E-state index in [1.54, 1.807) is 6.92 Å². The maximum absolute atomic E-state index is 12.5. The van der Waals surface area contributed by atoms with Gasteiger partial charge in [-0.1, -0.05) is 5.92 Å². The molecule has 0 aromatic carbocycles. The normalized spacial score (nSPS) is 10.6. The fourth-order valence-electron chi connectivity index (χ4n) is 1.07. The first kappa shape index (κ1) is 13.1. The summed E-state index contributed by atoms with van der Waals surface area (Å²) in [6, 6.07) is 0. The molecule has 0 aliphatic carbocycles. The largest absolute Gasteiger partial charge is 0.456 e. The Bertz CT molecular complexity index is 480. The van der Waals surface area contributed by atoms with Crippen LogP contribution in [0.4, 0.5) is 13.2 Å². The van der Waals surface area contributed by atoms with E-state index in [1.807, 2.05) is 5.92 Å². The van der Waals surface area contributed by atoms with Gasteiger partial charge in [-0.2, -0.15) is 18.3 Å². The second-order valence-corrected chi connectivity index (χ2v) is 3.04. The Morgan fingerprint density at radius 1 is 1.53 bits per heavy atom. The number of esters is 1. The monoisotopic (exact) mass is 246 g/mol. The summed E-state index contributed by atoms with van der Waals surface area (Å²) in [7, 11) is 0. The number of alkyl halides is 3. The highest BCUT2D eigenvalue weighted by Crippen LogP contribution is 2.30. The van der Waals surface area contributed by atoms with Gasteiger partial charge in [0.2, 0.25) is 0 Å². The Morgan fingerprint density at radius 2 is 2.18 bits per heavy atom. The zero-order valence-electron chi connectivity index (χ0n) is 9.10. The lowest BCUT2D eigenvalue weighted by molar-refractivity contribution is -0.141. The highest BCUT2D eigenvalue weighted by atomic mass is 19.4. The number of nitrogens with one attached hydrogen (secondary N) is 1. The molecule has 0 bridgehead atoms.